The topological polar surface area (TPSA) is 51.8 Å². The molecule has 3 atom stereocenters. The Morgan fingerprint density at radius 3 is 2.88 bits per heavy atom. The highest BCUT2D eigenvalue weighted by Gasteiger charge is 2.34. The third-order valence-corrected chi connectivity index (χ3v) is 5.46. The maximum Gasteiger partial charge on any atom is 0.161 e. The molecular formula is C19H28N2O3. The summed E-state index contributed by atoms with van der Waals surface area (Å²) in [5.41, 5.74) is 1.31. The SMILES string of the molecule is c1cc2c(cc1CCNC1CCCC1C1COCCN1)OCCO2. The number of hydrogen-bond donors (Lipinski definition) is 2. The predicted octanol–water partition coefficient (Wildman–Crippen LogP) is 1.75. The van der Waals surface area contributed by atoms with E-state index < -0.39 is 0 Å². The van der Waals surface area contributed by atoms with E-state index in [1.165, 1.54) is 24.8 Å². The first-order valence-corrected chi connectivity index (χ1v) is 9.33. The largest absolute Gasteiger partial charge is 0.486 e. The number of rotatable bonds is 5. The Bertz CT molecular complexity index is 545. The number of benzene rings is 1. The maximum atomic E-state index is 5.67. The zero-order chi connectivity index (χ0) is 16.2. The molecule has 2 aliphatic heterocycles. The lowest BCUT2D eigenvalue weighted by Crippen LogP contribution is -2.51. The van der Waals surface area contributed by atoms with Gasteiger partial charge < -0.3 is 24.8 Å². The fourth-order valence-corrected chi connectivity index (χ4v) is 4.23. The van der Waals surface area contributed by atoms with Crippen LogP contribution in [0.4, 0.5) is 0 Å². The van der Waals surface area contributed by atoms with Crippen LogP contribution in [0, 0.1) is 5.92 Å². The van der Waals surface area contributed by atoms with E-state index in [-0.39, 0.29) is 0 Å². The minimum absolute atomic E-state index is 0.521. The molecule has 1 saturated heterocycles. The van der Waals surface area contributed by atoms with Crippen LogP contribution in [0.15, 0.2) is 18.2 Å². The van der Waals surface area contributed by atoms with Crippen molar-refractivity contribution in [3.8, 4) is 11.5 Å². The molecule has 1 aromatic carbocycles. The Kier molecular flexibility index (Phi) is 5.21. The maximum absolute atomic E-state index is 5.67. The van der Waals surface area contributed by atoms with E-state index in [4.69, 9.17) is 14.2 Å². The summed E-state index contributed by atoms with van der Waals surface area (Å²) in [6.07, 6.45) is 4.94. The molecule has 0 aromatic heterocycles. The second-order valence-electron chi connectivity index (χ2n) is 7.02. The van der Waals surface area contributed by atoms with Crippen LogP contribution in [-0.4, -0.2) is 51.6 Å². The lowest BCUT2D eigenvalue weighted by molar-refractivity contribution is 0.0526. The van der Waals surface area contributed by atoms with Gasteiger partial charge >= 0.3 is 0 Å². The van der Waals surface area contributed by atoms with Crippen molar-refractivity contribution in [1.29, 1.82) is 0 Å². The van der Waals surface area contributed by atoms with Crippen molar-refractivity contribution < 1.29 is 14.2 Å². The lowest BCUT2D eigenvalue weighted by Gasteiger charge is -2.33. The van der Waals surface area contributed by atoms with Crippen LogP contribution in [0.3, 0.4) is 0 Å². The van der Waals surface area contributed by atoms with Crippen molar-refractivity contribution in [1.82, 2.24) is 10.6 Å². The van der Waals surface area contributed by atoms with Crippen molar-refractivity contribution in [3.05, 3.63) is 23.8 Å². The molecule has 2 N–H and O–H groups in total. The van der Waals surface area contributed by atoms with Gasteiger partial charge in [0.25, 0.3) is 0 Å². The molecule has 2 heterocycles. The van der Waals surface area contributed by atoms with E-state index in [0.717, 1.165) is 44.2 Å². The van der Waals surface area contributed by atoms with E-state index in [0.29, 0.717) is 31.2 Å². The summed E-state index contributed by atoms with van der Waals surface area (Å²) in [7, 11) is 0. The third kappa shape index (κ3) is 3.68. The number of nitrogens with one attached hydrogen (secondary N) is 2. The molecule has 0 amide bonds. The molecule has 132 valence electrons. The van der Waals surface area contributed by atoms with Crippen molar-refractivity contribution in [2.45, 2.75) is 37.8 Å². The van der Waals surface area contributed by atoms with E-state index in [2.05, 4.69) is 22.8 Å². The summed E-state index contributed by atoms with van der Waals surface area (Å²) in [6.45, 7) is 5.01. The minimum Gasteiger partial charge on any atom is -0.486 e. The molecule has 5 nitrogen and oxygen atoms in total. The van der Waals surface area contributed by atoms with E-state index in [9.17, 15) is 0 Å². The van der Waals surface area contributed by atoms with Crippen LogP contribution in [0.2, 0.25) is 0 Å². The van der Waals surface area contributed by atoms with Gasteiger partial charge in [-0.1, -0.05) is 12.5 Å². The number of ether oxygens (including phenoxy) is 3. The summed E-state index contributed by atoms with van der Waals surface area (Å²) < 4.78 is 16.9. The van der Waals surface area contributed by atoms with Gasteiger partial charge in [0.15, 0.2) is 11.5 Å². The highest BCUT2D eigenvalue weighted by Crippen LogP contribution is 2.31. The Labute approximate surface area is 144 Å². The molecule has 0 spiro atoms. The van der Waals surface area contributed by atoms with Crippen LogP contribution < -0.4 is 20.1 Å². The molecule has 3 aliphatic rings. The van der Waals surface area contributed by atoms with Gasteiger partial charge in [-0.05, 0) is 49.4 Å². The van der Waals surface area contributed by atoms with E-state index in [1.807, 2.05) is 6.07 Å². The van der Waals surface area contributed by atoms with Gasteiger partial charge in [0.1, 0.15) is 13.2 Å². The van der Waals surface area contributed by atoms with Crippen molar-refractivity contribution >= 4 is 0 Å². The standard InChI is InChI=1S/C19H28N2O3/c1-2-15(17-13-22-9-8-21-17)16(3-1)20-7-6-14-4-5-18-19(12-14)24-11-10-23-18/h4-5,12,15-17,20-21H,1-3,6-11,13H2. The average Bonchev–Trinajstić information content (AvgIpc) is 3.11. The monoisotopic (exact) mass is 332 g/mol. The molecule has 5 heteroatoms. The quantitative estimate of drug-likeness (QED) is 0.860. The van der Waals surface area contributed by atoms with Crippen molar-refractivity contribution in [2.75, 3.05) is 39.5 Å². The van der Waals surface area contributed by atoms with Crippen LogP contribution in [0.25, 0.3) is 0 Å². The van der Waals surface area contributed by atoms with Crippen LogP contribution in [0.1, 0.15) is 24.8 Å². The summed E-state index contributed by atoms with van der Waals surface area (Å²) in [5.74, 6) is 2.46. The van der Waals surface area contributed by atoms with Crippen molar-refractivity contribution in [2.24, 2.45) is 5.92 Å². The number of fused-ring (bicyclic) bond motifs is 1. The zero-order valence-electron chi connectivity index (χ0n) is 14.3. The molecule has 0 radical (unpaired) electrons. The normalized spacial score (nSPS) is 29.6. The fourth-order valence-electron chi connectivity index (χ4n) is 4.23. The smallest absolute Gasteiger partial charge is 0.161 e. The Morgan fingerprint density at radius 1 is 1.08 bits per heavy atom. The molecule has 1 aliphatic carbocycles. The van der Waals surface area contributed by atoms with Gasteiger partial charge in [0.05, 0.1) is 13.2 Å². The first-order chi connectivity index (χ1) is 11.9. The second kappa shape index (κ2) is 7.72. The molecular weight excluding hydrogens is 304 g/mol. The molecule has 0 bridgehead atoms. The zero-order valence-corrected chi connectivity index (χ0v) is 14.3. The summed E-state index contributed by atoms with van der Waals surface area (Å²) in [6, 6.07) is 7.44. The minimum atomic E-state index is 0.521. The van der Waals surface area contributed by atoms with Crippen LogP contribution in [-0.2, 0) is 11.2 Å². The lowest BCUT2D eigenvalue weighted by atomic mass is 9.94. The first kappa shape index (κ1) is 16.2. The predicted molar refractivity (Wildman–Crippen MR) is 92.9 cm³/mol. The van der Waals surface area contributed by atoms with Gasteiger partial charge in [-0.25, -0.2) is 0 Å². The molecule has 1 saturated carbocycles. The summed E-state index contributed by atoms with van der Waals surface area (Å²) >= 11 is 0. The van der Waals surface area contributed by atoms with Crippen LogP contribution >= 0.6 is 0 Å². The average molecular weight is 332 g/mol. The van der Waals surface area contributed by atoms with Gasteiger partial charge in [0, 0.05) is 18.6 Å². The summed E-state index contributed by atoms with van der Waals surface area (Å²) in [5, 5.41) is 7.43. The first-order valence-electron chi connectivity index (χ1n) is 9.33. The highest BCUT2D eigenvalue weighted by molar-refractivity contribution is 5.43. The van der Waals surface area contributed by atoms with Crippen molar-refractivity contribution in [3.63, 3.8) is 0 Å². The Morgan fingerprint density at radius 2 is 2.00 bits per heavy atom. The molecule has 1 aromatic rings. The van der Waals surface area contributed by atoms with E-state index >= 15 is 0 Å². The van der Waals surface area contributed by atoms with Gasteiger partial charge in [0.2, 0.25) is 0 Å². The van der Waals surface area contributed by atoms with Gasteiger partial charge in [-0.3, -0.25) is 0 Å². The van der Waals surface area contributed by atoms with E-state index in [1.54, 1.807) is 0 Å². The van der Waals surface area contributed by atoms with Gasteiger partial charge in [-0.2, -0.15) is 0 Å². The molecule has 3 unspecified atom stereocenters. The Balaban J connectivity index is 1.28. The summed E-state index contributed by atoms with van der Waals surface area (Å²) in [4.78, 5) is 0. The molecule has 24 heavy (non-hydrogen) atoms. The van der Waals surface area contributed by atoms with Gasteiger partial charge in [-0.15, -0.1) is 0 Å². The van der Waals surface area contributed by atoms with Crippen LogP contribution in [0.5, 0.6) is 11.5 Å². The molecule has 2 fully saturated rings. The molecule has 4 rings (SSSR count). The fraction of sp³-hybridized carbons (Fsp3) is 0.684. The highest BCUT2D eigenvalue weighted by atomic mass is 16.6. The third-order valence-electron chi connectivity index (χ3n) is 5.46. The number of hydrogen-bond acceptors (Lipinski definition) is 5. The Hall–Kier alpha value is -1.30. The second-order valence-corrected chi connectivity index (χ2v) is 7.02. The number of morpholine rings is 1.